The van der Waals surface area contributed by atoms with Gasteiger partial charge in [0.05, 0.1) is 17.9 Å². The van der Waals surface area contributed by atoms with E-state index in [4.69, 9.17) is 16.2 Å². The number of nitrogens with two attached hydrogens (primary N) is 2. The summed E-state index contributed by atoms with van der Waals surface area (Å²) < 4.78 is 5.54. The summed E-state index contributed by atoms with van der Waals surface area (Å²) >= 11 is 0. The molecule has 2 fully saturated rings. The number of guanidine groups is 1. The molecule has 2 aromatic rings. The summed E-state index contributed by atoms with van der Waals surface area (Å²) in [6.45, 7) is 4.06. The molecule has 56 heavy (non-hydrogen) atoms. The molecular weight excluding hydrogens is 724 g/mol. The van der Waals surface area contributed by atoms with Gasteiger partial charge < -0.3 is 42.2 Å². The third-order valence-corrected chi connectivity index (χ3v) is 9.32. The normalized spacial score (nSPS) is 17.6. The number of nitrogens with zero attached hydrogens (tertiary/aromatic N) is 5. The number of carboxylic acids is 1. The van der Waals surface area contributed by atoms with E-state index >= 15 is 0 Å². The summed E-state index contributed by atoms with van der Waals surface area (Å²) in [7, 11) is 0. The Kier molecular flexibility index (Phi) is 16.1. The lowest BCUT2D eigenvalue weighted by molar-refractivity contribution is -0.144. The quantitative estimate of drug-likeness (QED) is 0.0557. The van der Waals surface area contributed by atoms with Crippen LogP contribution in [0.15, 0.2) is 69.8 Å². The maximum atomic E-state index is 13.5. The van der Waals surface area contributed by atoms with Crippen molar-refractivity contribution >= 4 is 53.0 Å². The van der Waals surface area contributed by atoms with Gasteiger partial charge in [0.1, 0.15) is 30.8 Å². The maximum absolute atomic E-state index is 13.5. The van der Waals surface area contributed by atoms with Gasteiger partial charge in [-0.3, -0.25) is 29.1 Å². The molecule has 0 aromatic heterocycles. The second-order valence-electron chi connectivity index (χ2n) is 14.1. The number of azo groups is 1. The van der Waals surface area contributed by atoms with Gasteiger partial charge in [0.15, 0.2) is 5.96 Å². The lowest BCUT2D eigenvalue weighted by atomic mass is 10.0. The van der Waals surface area contributed by atoms with E-state index in [1.165, 1.54) is 9.80 Å². The van der Waals surface area contributed by atoms with Crippen LogP contribution in [0.1, 0.15) is 64.4 Å². The zero-order valence-corrected chi connectivity index (χ0v) is 31.8. The standard InChI is InChI=1S/C38H52N10O8/c1-24(2)21-29(33(50)42-22-32(49)47-19-7-12-30(47)34(51)43-28(36(53)54)11-6-18-41-37(39)40)44-35(52)31-13-8-20-48(31)38(55)56-23-25-14-16-27(17-15-25)46-45-26-9-4-3-5-10-26/h3-5,9-10,14-17,24,28-31H,6-8,11-13,18-23H2,1-2H3,(H,42,50)(H,43,51)(H,44,52)(H,53,54)(H4,39,40,41). The molecule has 2 heterocycles. The molecule has 2 aliphatic heterocycles. The van der Waals surface area contributed by atoms with Gasteiger partial charge in [0.2, 0.25) is 23.6 Å². The summed E-state index contributed by atoms with van der Waals surface area (Å²) in [5, 5.41) is 25.9. The van der Waals surface area contributed by atoms with Crippen LogP contribution in [0.5, 0.6) is 0 Å². The molecule has 4 rings (SSSR count). The smallest absolute Gasteiger partial charge is 0.410 e. The number of carbonyl (C=O) groups excluding carboxylic acids is 5. The third kappa shape index (κ3) is 13.1. The van der Waals surface area contributed by atoms with E-state index in [1.807, 2.05) is 44.2 Å². The molecule has 8 N–H and O–H groups in total. The van der Waals surface area contributed by atoms with Crippen molar-refractivity contribution in [3.8, 4) is 0 Å². The molecule has 4 atom stereocenters. The van der Waals surface area contributed by atoms with Crippen LogP contribution < -0.4 is 27.4 Å². The van der Waals surface area contributed by atoms with Crippen LogP contribution in [0, 0.1) is 5.92 Å². The van der Waals surface area contributed by atoms with Crippen molar-refractivity contribution in [1.29, 1.82) is 0 Å². The van der Waals surface area contributed by atoms with Gasteiger partial charge in [-0.25, -0.2) is 9.59 Å². The minimum atomic E-state index is -1.23. The summed E-state index contributed by atoms with van der Waals surface area (Å²) in [6, 6.07) is 12.4. The number of rotatable bonds is 18. The number of aliphatic carboxylic acids is 1. The number of nitrogens with one attached hydrogen (secondary N) is 3. The van der Waals surface area contributed by atoms with Gasteiger partial charge >= 0.3 is 12.1 Å². The van der Waals surface area contributed by atoms with Crippen molar-refractivity contribution in [2.45, 2.75) is 89.6 Å². The Hall–Kier alpha value is -6.07. The first kappa shape index (κ1) is 42.7. The fraction of sp³-hybridized carbons (Fsp3) is 0.500. The van der Waals surface area contributed by atoms with Crippen LogP contribution in [0.25, 0.3) is 0 Å². The van der Waals surface area contributed by atoms with Crippen molar-refractivity contribution in [1.82, 2.24) is 25.8 Å². The number of benzene rings is 2. The van der Waals surface area contributed by atoms with Gasteiger partial charge in [-0.05, 0) is 80.7 Å². The maximum Gasteiger partial charge on any atom is 0.410 e. The Morgan fingerprint density at radius 1 is 0.839 bits per heavy atom. The summed E-state index contributed by atoms with van der Waals surface area (Å²) in [6.07, 6.45) is 1.79. The van der Waals surface area contributed by atoms with Crippen molar-refractivity contribution < 1.29 is 38.6 Å². The van der Waals surface area contributed by atoms with E-state index in [-0.39, 0.29) is 44.4 Å². The highest BCUT2D eigenvalue weighted by Gasteiger charge is 2.38. The molecule has 2 aromatic carbocycles. The largest absolute Gasteiger partial charge is 0.480 e. The number of ether oxygens (including phenoxy) is 1. The van der Waals surface area contributed by atoms with Crippen LogP contribution in [0.2, 0.25) is 0 Å². The second kappa shape index (κ2) is 21.1. The number of hydrogen-bond donors (Lipinski definition) is 6. The molecular formula is C38H52N10O8. The van der Waals surface area contributed by atoms with Crippen LogP contribution >= 0.6 is 0 Å². The number of hydrogen-bond acceptors (Lipinski definition) is 10. The number of carboxylic acid groups (broad SMARTS) is 1. The van der Waals surface area contributed by atoms with Gasteiger partial charge in [-0.1, -0.05) is 44.2 Å². The SMILES string of the molecule is CC(C)CC(NC(=O)C1CCCN1C(=O)OCc1ccc(N=Nc2ccccc2)cc1)C(=O)NCC(=O)N1CCCC1C(=O)NC(CCCN=C(N)N)C(=O)O. The minimum Gasteiger partial charge on any atom is -0.480 e. The summed E-state index contributed by atoms with van der Waals surface area (Å²) in [4.78, 5) is 84.6. The predicted molar refractivity (Wildman–Crippen MR) is 206 cm³/mol. The molecule has 0 aliphatic carbocycles. The average molecular weight is 777 g/mol. The summed E-state index contributed by atoms with van der Waals surface area (Å²) in [5.41, 5.74) is 12.7. The first-order valence-electron chi connectivity index (χ1n) is 18.8. The Balaban J connectivity index is 1.27. The number of likely N-dealkylation sites (tertiary alicyclic amines) is 2. The van der Waals surface area contributed by atoms with E-state index < -0.39 is 66.4 Å². The van der Waals surface area contributed by atoms with E-state index in [2.05, 4.69) is 31.2 Å². The van der Waals surface area contributed by atoms with Crippen LogP contribution in [-0.4, -0.2) is 107 Å². The van der Waals surface area contributed by atoms with Crippen LogP contribution in [0.4, 0.5) is 16.2 Å². The Morgan fingerprint density at radius 3 is 2.04 bits per heavy atom. The molecule has 5 amide bonds. The Labute approximate surface area is 325 Å². The molecule has 0 spiro atoms. The van der Waals surface area contributed by atoms with Crippen LogP contribution in [-0.2, 0) is 35.3 Å². The molecule has 4 unspecified atom stereocenters. The molecule has 18 heteroatoms. The van der Waals surface area contributed by atoms with Crippen molar-refractivity contribution in [3.63, 3.8) is 0 Å². The van der Waals surface area contributed by atoms with Crippen LogP contribution in [0.3, 0.4) is 0 Å². The highest BCUT2D eigenvalue weighted by molar-refractivity contribution is 5.95. The average Bonchev–Trinajstić information content (AvgIpc) is 3.88. The third-order valence-electron chi connectivity index (χ3n) is 9.32. The lowest BCUT2D eigenvalue weighted by Crippen LogP contribution is -2.55. The molecule has 0 bridgehead atoms. The highest BCUT2D eigenvalue weighted by Crippen LogP contribution is 2.22. The Bertz CT molecular complexity index is 1730. The topological polar surface area (TPSA) is 264 Å². The fourth-order valence-electron chi connectivity index (χ4n) is 6.48. The molecule has 0 saturated carbocycles. The lowest BCUT2D eigenvalue weighted by Gasteiger charge is -2.27. The number of aliphatic imine (C=N–C) groups is 1. The number of amides is 5. The van der Waals surface area contributed by atoms with Gasteiger partial charge in [-0.2, -0.15) is 10.2 Å². The van der Waals surface area contributed by atoms with Gasteiger partial charge in [0, 0.05) is 19.6 Å². The minimum absolute atomic E-state index is 0.00842. The summed E-state index contributed by atoms with van der Waals surface area (Å²) in [5.74, 6) is -3.60. The second-order valence-corrected chi connectivity index (χ2v) is 14.1. The Morgan fingerprint density at radius 2 is 1.43 bits per heavy atom. The highest BCUT2D eigenvalue weighted by atomic mass is 16.6. The molecule has 2 saturated heterocycles. The predicted octanol–water partition coefficient (Wildman–Crippen LogP) is 2.46. The zero-order chi connectivity index (χ0) is 40.6. The molecule has 302 valence electrons. The zero-order valence-electron chi connectivity index (χ0n) is 31.8. The van der Waals surface area contributed by atoms with E-state index in [0.717, 1.165) is 11.3 Å². The fourth-order valence-corrected chi connectivity index (χ4v) is 6.48. The van der Waals surface area contributed by atoms with Crippen molar-refractivity contribution in [3.05, 3.63) is 60.2 Å². The molecule has 2 aliphatic rings. The monoisotopic (exact) mass is 776 g/mol. The van der Waals surface area contributed by atoms with Crippen molar-refractivity contribution in [2.24, 2.45) is 32.6 Å². The first-order valence-corrected chi connectivity index (χ1v) is 18.8. The first-order chi connectivity index (χ1) is 26.8. The van der Waals surface area contributed by atoms with Gasteiger partial charge in [-0.15, -0.1) is 0 Å². The number of carbonyl (C=O) groups is 6. The van der Waals surface area contributed by atoms with E-state index in [1.54, 1.807) is 24.3 Å². The molecule has 18 nitrogen and oxygen atoms in total. The van der Waals surface area contributed by atoms with Crippen molar-refractivity contribution in [2.75, 3.05) is 26.2 Å². The van der Waals surface area contributed by atoms with Gasteiger partial charge in [0.25, 0.3) is 0 Å². The molecule has 0 radical (unpaired) electrons. The van der Waals surface area contributed by atoms with E-state index in [0.29, 0.717) is 44.3 Å². The van der Waals surface area contributed by atoms with E-state index in [9.17, 15) is 33.9 Å².